The summed E-state index contributed by atoms with van der Waals surface area (Å²) in [6, 6.07) is 10.1. The molecule has 0 saturated heterocycles. The molecule has 2 heterocycles. The molecule has 0 saturated carbocycles. The topological polar surface area (TPSA) is 108 Å². The van der Waals surface area contributed by atoms with Gasteiger partial charge in [0, 0.05) is 28.8 Å². The highest BCUT2D eigenvalue weighted by atomic mass is 32.1. The molecule has 1 aliphatic rings. The Bertz CT molecular complexity index is 1120. The summed E-state index contributed by atoms with van der Waals surface area (Å²) in [5.41, 5.74) is 1.52. The van der Waals surface area contributed by atoms with Crippen molar-refractivity contribution in [1.82, 2.24) is 4.98 Å². The number of ether oxygens (including phenoxy) is 4. The SMILES string of the molecule is COc1cc(OC)cc(C(=O)Nc2nc(CC(=O)Nc3ccc4c(c3)OCCO4)cs2)c1. The van der Waals surface area contributed by atoms with Gasteiger partial charge in [0.15, 0.2) is 16.6 Å². The number of hydrogen-bond donors (Lipinski definition) is 2. The number of aromatic nitrogens is 1. The van der Waals surface area contributed by atoms with E-state index in [2.05, 4.69) is 15.6 Å². The van der Waals surface area contributed by atoms with Crippen molar-refractivity contribution in [2.45, 2.75) is 6.42 Å². The number of benzene rings is 2. The van der Waals surface area contributed by atoms with Gasteiger partial charge < -0.3 is 24.3 Å². The predicted octanol–water partition coefficient (Wildman–Crippen LogP) is 3.37. The van der Waals surface area contributed by atoms with Gasteiger partial charge in [-0.15, -0.1) is 11.3 Å². The number of carbonyl (C=O) groups excluding carboxylic acids is 2. The van der Waals surface area contributed by atoms with E-state index in [1.807, 2.05) is 0 Å². The van der Waals surface area contributed by atoms with Crippen molar-refractivity contribution in [3.63, 3.8) is 0 Å². The van der Waals surface area contributed by atoms with Crippen molar-refractivity contribution in [2.75, 3.05) is 38.1 Å². The first kappa shape index (κ1) is 21.4. The molecule has 0 unspecified atom stereocenters. The Morgan fingerprint density at radius 2 is 1.72 bits per heavy atom. The standard InChI is InChI=1S/C22H21N3O6S/c1-28-16-7-13(8-17(11-16)29-2)21(27)25-22-24-15(12-32-22)10-20(26)23-14-3-4-18-19(9-14)31-6-5-30-18/h3-4,7-9,11-12H,5-6,10H2,1-2H3,(H,23,26)(H,24,25,27). The third-order valence-electron chi connectivity index (χ3n) is 4.55. The van der Waals surface area contributed by atoms with Crippen molar-refractivity contribution in [1.29, 1.82) is 0 Å². The molecule has 4 rings (SSSR count). The smallest absolute Gasteiger partial charge is 0.257 e. The van der Waals surface area contributed by atoms with Crippen LogP contribution in [0.15, 0.2) is 41.8 Å². The van der Waals surface area contributed by atoms with Gasteiger partial charge in [0.25, 0.3) is 5.91 Å². The third-order valence-corrected chi connectivity index (χ3v) is 5.36. The number of methoxy groups -OCH3 is 2. The van der Waals surface area contributed by atoms with E-state index >= 15 is 0 Å². The second-order valence-electron chi connectivity index (χ2n) is 6.78. The minimum absolute atomic E-state index is 0.0633. The van der Waals surface area contributed by atoms with E-state index < -0.39 is 0 Å². The fourth-order valence-electron chi connectivity index (χ4n) is 3.04. The highest BCUT2D eigenvalue weighted by molar-refractivity contribution is 7.14. The van der Waals surface area contributed by atoms with E-state index in [9.17, 15) is 9.59 Å². The van der Waals surface area contributed by atoms with Crippen LogP contribution in [0.5, 0.6) is 23.0 Å². The maximum Gasteiger partial charge on any atom is 0.257 e. The summed E-state index contributed by atoms with van der Waals surface area (Å²) in [6.07, 6.45) is 0.0633. The van der Waals surface area contributed by atoms with E-state index in [4.69, 9.17) is 18.9 Å². The van der Waals surface area contributed by atoms with E-state index in [0.717, 1.165) is 0 Å². The zero-order chi connectivity index (χ0) is 22.5. The lowest BCUT2D eigenvalue weighted by atomic mass is 10.2. The number of hydrogen-bond acceptors (Lipinski definition) is 8. The summed E-state index contributed by atoms with van der Waals surface area (Å²) in [4.78, 5) is 29.3. The van der Waals surface area contributed by atoms with Crippen LogP contribution in [0.3, 0.4) is 0 Å². The summed E-state index contributed by atoms with van der Waals surface area (Å²) in [7, 11) is 3.03. The molecule has 0 aliphatic carbocycles. The van der Waals surface area contributed by atoms with Gasteiger partial charge in [0.1, 0.15) is 24.7 Å². The molecule has 0 radical (unpaired) electrons. The molecule has 3 aromatic rings. The van der Waals surface area contributed by atoms with Crippen LogP contribution in [0.2, 0.25) is 0 Å². The molecular formula is C22H21N3O6S. The van der Waals surface area contributed by atoms with Gasteiger partial charge in [0.2, 0.25) is 5.91 Å². The fourth-order valence-corrected chi connectivity index (χ4v) is 3.75. The first-order valence-electron chi connectivity index (χ1n) is 9.72. The van der Waals surface area contributed by atoms with Gasteiger partial charge in [-0.25, -0.2) is 4.98 Å². The first-order valence-corrected chi connectivity index (χ1v) is 10.6. The van der Waals surface area contributed by atoms with E-state index in [-0.39, 0.29) is 18.2 Å². The maximum atomic E-state index is 12.6. The molecule has 0 spiro atoms. The van der Waals surface area contributed by atoms with Crippen LogP contribution in [0.25, 0.3) is 0 Å². The van der Waals surface area contributed by atoms with E-state index in [0.29, 0.717) is 58.3 Å². The molecule has 166 valence electrons. The van der Waals surface area contributed by atoms with Gasteiger partial charge in [-0.2, -0.15) is 0 Å². The minimum Gasteiger partial charge on any atom is -0.497 e. The quantitative estimate of drug-likeness (QED) is 0.562. The van der Waals surface area contributed by atoms with Gasteiger partial charge in [-0.05, 0) is 24.3 Å². The van der Waals surface area contributed by atoms with Gasteiger partial charge in [0.05, 0.1) is 26.3 Å². The molecule has 2 N–H and O–H groups in total. The van der Waals surface area contributed by atoms with Crippen molar-refractivity contribution in [3.05, 3.63) is 53.0 Å². The van der Waals surface area contributed by atoms with Crippen molar-refractivity contribution >= 4 is 34.0 Å². The number of thiazole rings is 1. The summed E-state index contributed by atoms with van der Waals surface area (Å²) in [5, 5.41) is 7.67. The van der Waals surface area contributed by atoms with Crippen molar-refractivity contribution in [2.24, 2.45) is 0 Å². The lowest BCUT2D eigenvalue weighted by Crippen LogP contribution is -2.17. The molecular weight excluding hydrogens is 434 g/mol. The number of nitrogens with one attached hydrogen (secondary N) is 2. The Balaban J connectivity index is 1.36. The third kappa shape index (κ3) is 5.09. The molecule has 32 heavy (non-hydrogen) atoms. The first-order chi connectivity index (χ1) is 15.5. The van der Waals surface area contributed by atoms with E-state index in [1.54, 1.807) is 41.8 Å². The largest absolute Gasteiger partial charge is 0.497 e. The van der Waals surface area contributed by atoms with Crippen LogP contribution in [0, 0.1) is 0 Å². The maximum absolute atomic E-state index is 12.6. The van der Waals surface area contributed by atoms with Crippen LogP contribution in [0.1, 0.15) is 16.1 Å². The lowest BCUT2D eigenvalue weighted by Gasteiger charge is -2.18. The molecule has 0 atom stereocenters. The van der Waals surface area contributed by atoms with Gasteiger partial charge >= 0.3 is 0 Å². The van der Waals surface area contributed by atoms with Crippen LogP contribution in [-0.4, -0.2) is 44.2 Å². The minimum atomic E-state index is -0.358. The van der Waals surface area contributed by atoms with Crippen LogP contribution >= 0.6 is 11.3 Å². The predicted molar refractivity (Wildman–Crippen MR) is 119 cm³/mol. The number of rotatable bonds is 7. The fraction of sp³-hybridized carbons (Fsp3) is 0.227. The Kier molecular flexibility index (Phi) is 6.41. The monoisotopic (exact) mass is 455 g/mol. The average molecular weight is 455 g/mol. The van der Waals surface area contributed by atoms with Crippen LogP contribution in [-0.2, 0) is 11.2 Å². The number of carbonyl (C=O) groups is 2. The highest BCUT2D eigenvalue weighted by Crippen LogP contribution is 2.32. The second-order valence-corrected chi connectivity index (χ2v) is 7.64. The molecule has 0 fully saturated rings. The van der Waals surface area contributed by atoms with Crippen LogP contribution < -0.4 is 29.6 Å². The Morgan fingerprint density at radius 3 is 2.44 bits per heavy atom. The summed E-state index contributed by atoms with van der Waals surface area (Å²) in [6.45, 7) is 0.979. The van der Waals surface area contributed by atoms with Crippen molar-refractivity contribution in [3.8, 4) is 23.0 Å². The zero-order valence-corrected chi connectivity index (χ0v) is 18.3. The Hall–Kier alpha value is -3.79. The Morgan fingerprint density at radius 1 is 1.00 bits per heavy atom. The normalized spacial score (nSPS) is 12.1. The summed E-state index contributed by atoms with van der Waals surface area (Å²) in [5.74, 6) is 1.67. The number of fused-ring (bicyclic) bond motifs is 1. The highest BCUT2D eigenvalue weighted by Gasteiger charge is 2.15. The lowest BCUT2D eigenvalue weighted by molar-refractivity contribution is -0.115. The zero-order valence-electron chi connectivity index (χ0n) is 17.5. The molecule has 1 aliphatic heterocycles. The second kappa shape index (κ2) is 9.56. The summed E-state index contributed by atoms with van der Waals surface area (Å²) >= 11 is 1.24. The molecule has 1 aromatic heterocycles. The van der Waals surface area contributed by atoms with Crippen LogP contribution in [0.4, 0.5) is 10.8 Å². The van der Waals surface area contributed by atoms with Gasteiger partial charge in [-0.3, -0.25) is 14.9 Å². The molecule has 2 aromatic carbocycles. The number of anilines is 2. The van der Waals surface area contributed by atoms with Crippen molar-refractivity contribution < 1.29 is 28.5 Å². The average Bonchev–Trinajstić information content (AvgIpc) is 3.24. The molecule has 9 nitrogen and oxygen atoms in total. The Labute approximate surface area is 188 Å². The molecule has 10 heteroatoms. The number of nitrogens with zero attached hydrogens (tertiary/aromatic N) is 1. The molecule has 2 amide bonds. The molecule has 0 bridgehead atoms. The van der Waals surface area contributed by atoms with E-state index in [1.165, 1.54) is 25.6 Å². The number of amides is 2. The van der Waals surface area contributed by atoms with Gasteiger partial charge in [-0.1, -0.05) is 0 Å². The summed E-state index contributed by atoms with van der Waals surface area (Å²) < 4.78 is 21.4.